The van der Waals surface area contributed by atoms with Crippen molar-refractivity contribution in [2.75, 3.05) is 7.05 Å². The summed E-state index contributed by atoms with van der Waals surface area (Å²) in [6.45, 7) is 6.42. The number of rotatable bonds is 3. The van der Waals surface area contributed by atoms with E-state index in [2.05, 4.69) is 31.3 Å². The molecule has 0 amide bonds. The number of hydrogen-bond donors (Lipinski definition) is 1. The second kappa shape index (κ2) is 4.33. The second-order valence-corrected chi connectivity index (χ2v) is 4.80. The van der Waals surface area contributed by atoms with Gasteiger partial charge in [0, 0.05) is 10.6 Å². The first-order valence-corrected chi connectivity index (χ1v) is 5.26. The molecule has 0 saturated carbocycles. The van der Waals surface area contributed by atoms with Crippen molar-refractivity contribution in [3.8, 4) is 0 Å². The van der Waals surface area contributed by atoms with Crippen molar-refractivity contribution >= 4 is 11.6 Å². The van der Waals surface area contributed by atoms with Crippen LogP contribution in [0.2, 0.25) is 5.02 Å². The summed E-state index contributed by atoms with van der Waals surface area (Å²) in [5.41, 5.74) is 2.61. The lowest BCUT2D eigenvalue weighted by atomic mass is 9.94. The molecule has 2 heteroatoms. The molecule has 0 radical (unpaired) electrons. The van der Waals surface area contributed by atoms with Gasteiger partial charge in [-0.3, -0.25) is 0 Å². The van der Waals surface area contributed by atoms with Crippen molar-refractivity contribution in [2.45, 2.75) is 32.7 Å². The predicted octanol–water partition coefficient (Wildman–Crippen LogP) is 3.19. The van der Waals surface area contributed by atoms with Gasteiger partial charge in [0.05, 0.1) is 0 Å². The lowest BCUT2D eigenvalue weighted by molar-refractivity contribution is 0.422. The molecule has 14 heavy (non-hydrogen) atoms. The van der Waals surface area contributed by atoms with E-state index in [1.165, 1.54) is 5.56 Å². The summed E-state index contributed by atoms with van der Waals surface area (Å²) in [6.07, 6.45) is 1.02. The number of nitrogens with one attached hydrogen (secondary N) is 1. The molecule has 0 bridgehead atoms. The third-order valence-corrected chi connectivity index (χ3v) is 2.97. The average molecular weight is 212 g/mol. The molecule has 0 unspecified atom stereocenters. The Morgan fingerprint density at radius 1 is 1.36 bits per heavy atom. The van der Waals surface area contributed by atoms with E-state index >= 15 is 0 Å². The zero-order chi connectivity index (χ0) is 10.8. The maximum absolute atomic E-state index is 5.97. The highest BCUT2D eigenvalue weighted by Gasteiger charge is 2.15. The molecule has 0 aliphatic heterocycles. The number of hydrogen-bond acceptors (Lipinski definition) is 1. The first kappa shape index (κ1) is 11.5. The monoisotopic (exact) mass is 211 g/mol. The van der Waals surface area contributed by atoms with E-state index in [-0.39, 0.29) is 5.54 Å². The molecule has 78 valence electrons. The van der Waals surface area contributed by atoms with Crippen LogP contribution >= 0.6 is 11.6 Å². The number of benzene rings is 1. The molecule has 1 aromatic rings. The van der Waals surface area contributed by atoms with Crippen molar-refractivity contribution in [1.29, 1.82) is 0 Å². The van der Waals surface area contributed by atoms with Crippen LogP contribution in [0, 0.1) is 6.92 Å². The Morgan fingerprint density at radius 2 is 2.00 bits per heavy atom. The topological polar surface area (TPSA) is 12.0 Å². The Labute approximate surface area is 91.5 Å². The smallest absolute Gasteiger partial charge is 0.0435 e. The normalized spacial score (nSPS) is 11.8. The van der Waals surface area contributed by atoms with Gasteiger partial charge in [-0.15, -0.1) is 0 Å². The summed E-state index contributed by atoms with van der Waals surface area (Å²) in [4.78, 5) is 0. The summed E-state index contributed by atoms with van der Waals surface area (Å²) in [5, 5.41) is 4.13. The molecule has 0 saturated heterocycles. The highest BCUT2D eigenvalue weighted by atomic mass is 35.5. The predicted molar refractivity (Wildman–Crippen MR) is 63.0 cm³/mol. The zero-order valence-corrected chi connectivity index (χ0v) is 10.1. The van der Waals surface area contributed by atoms with Gasteiger partial charge in [-0.1, -0.05) is 23.7 Å². The Hall–Kier alpha value is -0.530. The van der Waals surface area contributed by atoms with Crippen LogP contribution in [-0.4, -0.2) is 12.6 Å². The van der Waals surface area contributed by atoms with Gasteiger partial charge in [0.1, 0.15) is 0 Å². The van der Waals surface area contributed by atoms with Crippen LogP contribution in [0.15, 0.2) is 18.2 Å². The van der Waals surface area contributed by atoms with Crippen LogP contribution in [0.3, 0.4) is 0 Å². The van der Waals surface area contributed by atoms with Crippen LogP contribution in [0.5, 0.6) is 0 Å². The Balaban J connectivity index is 2.83. The van der Waals surface area contributed by atoms with E-state index in [0.29, 0.717) is 0 Å². The Kier molecular flexibility index (Phi) is 3.57. The standard InChI is InChI=1S/C12H18ClN/c1-9-7-10(5-6-11(9)13)8-12(2,3)14-4/h5-7,14H,8H2,1-4H3. The van der Waals surface area contributed by atoms with E-state index in [1.807, 2.05) is 20.0 Å². The average Bonchev–Trinajstić information content (AvgIpc) is 2.11. The molecule has 1 nitrogen and oxygen atoms in total. The molecule has 0 spiro atoms. The van der Waals surface area contributed by atoms with E-state index in [0.717, 1.165) is 17.0 Å². The summed E-state index contributed by atoms with van der Waals surface area (Å²) >= 11 is 5.97. The Morgan fingerprint density at radius 3 is 2.50 bits per heavy atom. The summed E-state index contributed by atoms with van der Waals surface area (Å²) < 4.78 is 0. The number of aryl methyl sites for hydroxylation is 1. The van der Waals surface area contributed by atoms with Gasteiger partial charge in [-0.25, -0.2) is 0 Å². The number of halogens is 1. The molecule has 0 aromatic heterocycles. The molecule has 0 fully saturated rings. The highest BCUT2D eigenvalue weighted by Crippen LogP contribution is 2.19. The van der Waals surface area contributed by atoms with Gasteiger partial charge in [-0.2, -0.15) is 0 Å². The van der Waals surface area contributed by atoms with Crippen molar-refractivity contribution in [3.05, 3.63) is 34.3 Å². The molecule has 0 heterocycles. The lowest BCUT2D eigenvalue weighted by Crippen LogP contribution is -2.38. The second-order valence-electron chi connectivity index (χ2n) is 4.39. The molecule has 0 aliphatic rings. The van der Waals surface area contributed by atoms with Crippen molar-refractivity contribution in [3.63, 3.8) is 0 Å². The van der Waals surface area contributed by atoms with Crippen LogP contribution in [-0.2, 0) is 6.42 Å². The van der Waals surface area contributed by atoms with Crippen molar-refractivity contribution < 1.29 is 0 Å². The molecule has 1 N–H and O–H groups in total. The molecular weight excluding hydrogens is 194 g/mol. The quantitative estimate of drug-likeness (QED) is 0.810. The Bertz CT molecular complexity index is 318. The summed E-state index contributed by atoms with van der Waals surface area (Å²) in [7, 11) is 1.99. The van der Waals surface area contributed by atoms with Crippen LogP contribution < -0.4 is 5.32 Å². The minimum Gasteiger partial charge on any atom is -0.314 e. The fourth-order valence-electron chi connectivity index (χ4n) is 1.42. The van der Waals surface area contributed by atoms with Crippen molar-refractivity contribution in [1.82, 2.24) is 5.32 Å². The first-order valence-electron chi connectivity index (χ1n) is 4.88. The largest absolute Gasteiger partial charge is 0.314 e. The molecule has 0 aliphatic carbocycles. The third-order valence-electron chi connectivity index (χ3n) is 2.55. The van der Waals surface area contributed by atoms with Crippen LogP contribution in [0.25, 0.3) is 0 Å². The molecule has 0 atom stereocenters. The fraction of sp³-hybridized carbons (Fsp3) is 0.500. The van der Waals surface area contributed by atoms with Crippen LogP contribution in [0.1, 0.15) is 25.0 Å². The minimum absolute atomic E-state index is 0.139. The molecular formula is C12H18ClN. The van der Waals surface area contributed by atoms with E-state index in [9.17, 15) is 0 Å². The SMILES string of the molecule is CNC(C)(C)Cc1ccc(Cl)c(C)c1. The fourth-order valence-corrected chi connectivity index (χ4v) is 1.53. The number of likely N-dealkylation sites (N-methyl/N-ethyl adjacent to an activating group) is 1. The zero-order valence-electron chi connectivity index (χ0n) is 9.32. The van der Waals surface area contributed by atoms with Gasteiger partial charge >= 0.3 is 0 Å². The maximum atomic E-state index is 5.97. The van der Waals surface area contributed by atoms with Crippen LogP contribution in [0.4, 0.5) is 0 Å². The van der Waals surface area contributed by atoms with Gasteiger partial charge in [0.2, 0.25) is 0 Å². The first-order chi connectivity index (χ1) is 6.44. The third kappa shape index (κ3) is 3.00. The highest BCUT2D eigenvalue weighted by molar-refractivity contribution is 6.31. The van der Waals surface area contributed by atoms with E-state index in [1.54, 1.807) is 0 Å². The van der Waals surface area contributed by atoms with Gasteiger partial charge < -0.3 is 5.32 Å². The minimum atomic E-state index is 0.139. The van der Waals surface area contributed by atoms with E-state index in [4.69, 9.17) is 11.6 Å². The van der Waals surface area contributed by atoms with Crippen molar-refractivity contribution in [2.24, 2.45) is 0 Å². The van der Waals surface area contributed by atoms with Gasteiger partial charge in [0.25, 0.3) is 0 Å². The van der Waals surface area contributed by atoms with Gasteiger partial charge in [-0.05, 0) is 51.4 Å². The summed E-state index contributed by atoms with van der Waals surface area (Å²) in [5.74, 6) is 0. The lowest BCUT2D eigenvalue weighted by Gasteiger charge is -2.24. The molecule has 1 rings (SSSR count). The maximum Gasteiger partial charge on any atom is 0.0435 e. The van der Waals surface area contributed by atoms with E-state index < -0.39 is 0 Å². The summed E-state index contributed by atoms with van der Waals surface area (Å²) in [6, 6.07) is 6.22. The molecule has 1 aromatic carbocycles. The van der Waals surface area contributed by atoms with Gasteiger partial charge in [0.15, 0.2) is 0 Å².